The Morgan fingerprint density at radius 2 is 1.41 bits per heavy atom. The molecule has 1 N–H and O–H groups in total. The van der Waals surface area contributed by atoms with E-state index >= 15 is 0 Å². The number of hydrogen-bond donors (Lipinski definition) is 1. The first-order valence-electron chi connectivity index (χ1n) is 10.7. The first-order valence-corrected chi connectivity index (χ1v) is 10.7. The lowest BCUT2D eigenvalue weighted by Gasteiger charge is -2.15. The molecule has 0 spiro atoms. The van der Waals surface area contributed by atoms with Crippen molar-refractivity contribution in [3.8, 4) is 0 Å². The first kappa shape index (κ1) is 30.5. The fourth-order valence-electron chi connectivity index (χ4n) is 3.11. The molecule has 0 aromatic heterocycles. The van der Waals surface area contributed by atoms with Gasteiger partial charge < -0.3 is 15.1 Å². The number of rotatable bonds is 11. The van der Waals surface area contributed by atoms with E-state index in [0.29, 0.717) is 0 Å². The summed E-state index contributed by atoms with van der Waals surface area (Å²) in [5.41, 5.74) is 4.14. The van der Waals surface area contributed by atoms with E-state index in [1.165, 1.54) is 0 Å². The Morgan fingerprint density at radius 1 is 0.812 bits per heavy atom. The van der Waals surface area contributed by atoms with Crippen molar-refractivity contribution in [1.29, 1.82) is 0 Å². The highest BCUT2D eigenvalue weighted by atomic mass is 79.9. The molecule has 0 heterocycles. The maximum absolute atomic E-state index is 4.94. The quantitative estimate of drug-likeness (QED) is 0.229. The minimum Gasteiger partial charge on any atom is -0.370 e. The maximum Gasteiger partial charge on any atom is 0.130 e. The molecule has 0 bridgehead atoms. The largest absolute Gasteiger partial charge is 0.370 e. The van der Waals surface area contributed by atoms with Gasteiger partial charge in [-0.15, -0.1) is 34.0 Å². The molecule has 178 valence electrons. The predicted molar refractivity (Wildman–Crippen MR) is 151 cm³/mol. The van der Waals surface area contributed by atoms with Gasteiger partial charge in [0.15, 0.2) is 0 Å². The van der Waals surface area contributed by atoms with Crippen LogP contribution in [-0.4, -0.2) is 75.7 Å². The fourth-order valence-corrected chi connectivity index (χ4v) is 3.11. The van der Waals surface area contributed by atoms with Crippen molar-refractivity contribution in [2.75, 3.05) is 54.4 Å². The molecule has 0 aliphatic rings. The zero-order chi connectivity index (χ0) is 21.8. The Morgan fingerprint density at radius 3 is 2.06 bits per heavy atom. The van der Waals surface area contributed by atoms with E-state index in [-0.39, 0.29) is 34.0 Å². The molecule has 0 aliphatic heterocycles. The average Bonchev–Trinajstić information content (AvgIpc) is 2.73. The molecule has 2 aromatic rings. The molecule has 32 heavy (non-hydrogen) atoms. The van der Waals surface area contributed by atoms with Crippen molar-refractivity contribution < 1.29 is 0 Å². The fraction of sp³-hybridized carbons (Fsp3) is 0.440. The minimum absolute atomic E-state index is 0. The number of aliphatic imine (C=N–C) groups is 2. The third kappa shape index (κ3) is 11.4. The lowest BCUT2D eigenvalue weighted by Crippen LogP contribution is -2.28. The van der Waals surface area contributed by atoms with E-state index < -0.39 is 0 Å². The summed E-state index contributed by atoms with van der Waals surface area (Å²) in [7, 11) is 8.40. The van der Waals surface area contributed by atoms with Crippen LogP contribution in [0.15, 0.2) is 64.6 Å². The summed E-state index contributed by atoms with van der Waals surface area (Å²) in [4.78, 5) is 14.3. The zero-order valence-electron chi connectivity index (χ0n) is 20.0. The molecule has 0 aliphatic carbocycles. The number of para-hydroxylation sites is 1. The van der Waals surface area contributed by atoms with Gasteiger partial charge in [0.2, 0.25) is 0 Å². The highest BCUT2D eigenvalue weighted by molar-refractivity contribution is 8.93. The van der Waals surface area contributed by atoms with Crippen molar-refractivity contribution in [2.24, 2.45) is 9.98 Å². The van der Waals surface area contributed by atoms with Gasteiger partial charge in [-0.3, -0.25) is 9.98 Å². The molecule has 0 atom stereocenters. The van der Waals surface area contributed by atoms with Gasteiger partial charge in [0, 0.05) is 24.4 Å². The summed E-state index contributed by atoms with van der Waals surface area (Å²) in [5, 5.41) is 3.57. The van der Waals surface area contributed by atoms with Crippen molar-refractivity contribution in [2.45, 2.75) is 19.8 Å². The Labute approximate surface area is 215 Å². The second-order valence-corrected chi connectivity index (χ2v) is 8.05. The van der Waals surface area contributed by atoms with Crippen LogP contribution in [0.3, 0.4) is 0 Å². The zero-order valence-corrected chi connectivity index (χ0v) is 23.5. The lowest BCUT2D eigenvalue weighted by atomic mass is 10.1. The summed E-state index contributed by atoms with van der Waals surface area (Å²) in [6, 6.07) is 18.6. The third-order valence-corrected chi connectivity index (χ3v) is 4.75. The summed E-state index contributed by atoms with van der Waals surface area (Å²) in [5.74, 6) is 0.938. The third-order valence-electron chi connectivity index (χ3n) is 4.75. The summed E-state index contributed by atoms with van der Waals surface area (Å²) < 4.78 is 0. The molecule has 0 unspecified atom stereocenters. The number of nitrogens with one attached hydrogen (secondary N) is 1. The number of amidine groups is 1. The van der Waals surface area contributed by atoms with Crippen LogP contribution in [0.4, 0.5) is 5.69 Å². The minimum atomic E-state index is 0. The second kappa shape index (κ2) is 17.0. The molecule has 0 fully saturated rings. The molecule has 0 saturated heterocycles. The van der Waals surface area contributed by atoms with E-state index in [0.717, 1.165) is 67.4 Å². The molecule has 0 radical (unpaired) electrons. The summed E-state index contributed by atoms with van der Waals surface area (Å²) in [6.07, 6.45) is 2.10. The second-order valence-electron chi connectivity index (χ2n) is 8.05. The van der Waals surface area contributed by atoms with E-state index in [9.17, 15) is 0 Å². The van der Waals surface area contributed by atoms with Gasteiger partial charge in [0.25, 0.3) is 0 Å². The molecule has 2 rings (SSSR count). The van der Waals surface area contributed by atoms with Crippen LogP contribution in [0.5, 0.6) is 0 Å². The van der Waals surface area contributed by atoms with Crippen LogP contribution in [0.2, 0.25) is 0 Å². The van der Waals surface area contributed by atoms with Crippen LogP contribution in [0, 0.1) is 0 Å². The number of benzene rings is 2. The molecule has 5 nitrogen and oxygen atoms in total. The monoisotopic (exact) mass is 567 g/mol. The Bertz CT molecular complexity index is 820. The van der Waals surface area contributed by atoms with Crippen LogP contribution in [0.25, 0.3) is 0 Å². The van der Waals surface area contributed by atoms with Crippen molar-refractivity contribution in [3.05, 3.63) is 65.7 Å². The van der Waals surface area contributed by atoms with Gasteiger partial charge in [0.05, 0.1) is 5.69 Å². The molecule has 2 aromatic carbocycles. The van der Waals surface area contributed by atoms with Crippen LogP contribution >= 0.6 is 34.0 Å². The summed E-state index contributed by atoms with van der Waals surface area (Å²) >= 11 is 0. The van der Waals surface area contributed by atoms with Crippen molar-refractivity contribution in [1.82, 2.24) is 15.1 Å². The molecule has 0 amide bonds. The van der Waals surface area contributed by atoms with Crippen LogP contribution in [-0.2, 0) is 0 Å². The Hall–Kier alpha value is -1.54. The van der Waals surface area contributed by atoms with Gasteiger partial charge in [-0.25, -0.2) is 0 Å². The normalized spacial score (nSPS) is 11.8. The van der Waals surface area contributed by atoms with Gasteiger partial charge in [-0.2, -0.15) is 0 Å². The van der Waals surface area contributed by atoms with E-state index in [4.69, 9.17) is 9.98 Å². The Balaban J connectivity index is 0.00000480. The molecule has 0 saturated carbocycles. The molecular weight excluding hydrogens is 530 g/mol. The Kier molecular flexibility index (Phi) is 16.2. The number of hydrogen-bond acceptors (Lipinski definition) is 4. The van der Waals surface area contributed by atoms with E-state index in [1.54, 1.807) is 0 Å². The number of nitrogens with zero attached hydrogens (tertiary/aromatic N) is 4. The van der Waals surface area contributed by atoms with E-state index in [2.05, 4.69) is 80.6 Å². The van der Waals surface area contributed by atoms with Crippen LogP contribution < -0.4 is 5.32 Å². The van der Waals surface area contributed by atoms with Gasteiger partial charge >= 0.3 is 0 Å². The van der Waals surface area contributed by atoms with Crippen molar-refractivity contribution >= 4 is 51.2 Å². The topological polar surface area (TPSA) is 43.2 Å². The highest BCUT2D eigenvalue weighted by Crippen LogP contribution is 2.21. The van der Waals surface area contributed by atoms with Crippen LogP contribution in [0.1, 0.15) is 30.9 Å². The van der Waals surface area contributed by atoms with Crippen molar-refractivity contribution in [3.63, 3.8) is 0 Å². The lowest BCUT2D eigenvalue weighted by molar-refractivity contribution is 0.399. The first-order chi connectivity index (χ1) is 14.5. The highest BCUT2D eigenvalue weighted by Gasteiger charge is 2.09. The molecule has 7 heteroatoms. The maximum atomic E-state index is 4.94. The smallest absolute Gasteiger partial charge is 0.130 e. The van der Waals surface area contributed by atoms with Gasteiger partial charge in [-0.05, 0) is 78.7 Å². The van der Waals surface area contributed by atoms with Gasteiger partial charge in [-0.1, -0.05) is 42.5 Å². The molecular formula is C25H39Br2N5. The summed E-state index contributed by atoms with van der Waals surface area (Å²) in [6.45, 7) is 5.83. The van der Waals surface area contributed by atoms with Gasteiger partial charge in [0.1, 0.15) is 5.84 Å². The standard InChI is InChI=1S/C25H37N5.2BrH/c1-21(22-13-7-6-8-14-22)28-24-16-10-9-15-23(24)25(26-17-11-19-29(2)3)27-18-12-20-30(4)5;;/h6-10,13-16H,11-12,17-20H2,1-5H3,(H,26,27);2*1H. The SMILES string of the molecule is Br.Br.CC(=Nc1ccccc1C(=NCCCN(C)C)NCCCN(C)C)c1ccccc1. The average molecular weight is 569 g/mol. The predicted octanol–water partition coefficient (Wildman–Crippen LogP) is 5.22. The van der Waals surface area contributed by atoms with E-state index in [1.807, 2.05) is 24.3 Å². The number of halogens is 2.